The molecule has 1 aromatic rings. The van der Waals surface area contributed by atoms with Crippen LogP contribution in [0.25, 0.3) is 0 Å². The average molecular weight is 287 g/mol. The van der Waals surface area contributed by atoms with Crippen LogP contribution in [0.1, 0.15) is 40.0 Å². The molecule has 0 aromatic heterocycles. The standard InChI is InChI=1S/C16H21N3O2/c1-18-7-4-11(5-8-18)6-9-19-15(20)13-3-2-12(17)10-14(13)16(19)21/h2-3,10-11H,4-9,17H2,1H3. The summed E-state index contributed by atoms with van der Waals surface area (Å²) in [5, 5.41) is 0. The summed E-state index contributed by atoms with van der Waals surface area (Å²) in [7, 11) is 2.13. The number of likely N-dealkylation sites (tertiary alicyclic amines) is 1. The molecule has 0 aliphatic carbocycles. The van der Waals surface area contributed by atoms with Gasteiger partial charge in [-0.15, -0.1) is 0 Å². The van der Waals surface area contributed by atoms with E-state index in [1.807, 2.05) is 0 Å². The first-order chi connectivity index (χ1) is 10.1. The molecular formula is C16H21N3O2. The number of hydrogen-bond acceptors (Lipinski definition) is 4. The lowest BCUT2D eigenvalue weighted by atomic mass is 9.93. The maximum Gasteiger partial charge on any atom is 0.261 e. The Morgan fingerprint density at radius 2 is 1.81 bits per heavy atom. The van der Waals surface area contributed by atoms with Gasteiger partial charge in [0.15, 0.2) is 0 Å². The molecule has 5 heteroatoms. The Morgan fingerprint density at radius 3 is 2.52 bits per heavy atom. The van der Waals surface area contributed by atoms with Crippen molar-refractivity contribution < 1.29 is 9.59 Å². The van der Waals surface area contributed by atoms with Gasteiger partial charge in [0, 0.05) is 12.2 Å². The van der Waals surface area contributed by atoms with Crippen molar-refractivity contribution in [3.8, 4) is 0 Å². The van der Waals surface area contributed by atoms with E-state index in [9.17, 15) is 9.59 Å². The number of nitrogens with two attached hydrogens (primary N) is 1. The maximum atomic E-state index is 12.3. The van der Waals surface area contributed by atoms with E-state index in [0.29, 0.717) is 29.3 Å². The van der Waals surface area contributed by atoms with Crippen LogP contribution in [0.15, 0.2) is 18.2 Å². The summed E-state index contributed by atoms with van der Waals surface area (Å²) in [5.74, 6) is 0.230. The van der Waals surface area contributed by atoms with Crippen molar-refractivity contribution in [1.29, 1.82) is 0 Å². The molecule has 5 nitrogen and oxygen atoms in total. The van der Waals surface area contributed by atoms with Crippen molar-refractivity contribution in [2.45, 2.75) is 19.3 Å². The van der Waals surface area contributed by atoms with Gasteiger partial charge in [-0.3, -0.25) is 14.5 Å². The summed E-state index contributed by atoms with van der Waals surface area (Å²) in [5.41, 5.74) is 7.15. The largest absolute Gasteiger partial charge is 0.399 e. The number of rotatable bonds is 3. The molecule has 2 amide bonds. The zero-order chi connectivity index (χ0) is 15.0. The Balaban J connectivity index is 1.65. The van der Waals surface area contributed by atoms with Gasteiger partial charge in [0.25, 0.3) is 11.8 Å². The fourth-order valence-electron chi connectivity index (χ4n) is 3.17. The Labute approximate surface area is 124 Å². The van der Waals surface area contributed by atoms with E-state index in [0.717, 1.165) is 32.4 Å². The molecule has 0 saturated carbocycles. The van der Waals surface area contributed by atoms with E-state index in [1.54, 1.807) is 18.2 Å². The number of nitrogens with zero attached hydrogens (tertiary/aromatic N) is 2. The lowest BCUT2D eigenvalue weighted by Crippen LogP contribution is -2.35. The van der Waals surface area contributed by atoms with Crippen LogP contribution >= 0.6 is 0 Å². The minimum absolute atomic E-state index is 0.178. The van der Waals surface area contributed by atoms with Crippen LogP contribution in [-0.4, -0.2) is 48.3 Å². The second-order valence-corrected chi connectivity index (χ2v) is 6.10. The van der Waals surface area contributed by atoms with Crippen molar-refractivity contribution in [1.82, 2.24) is 9.80 Å². The predicted octanol–water partition coefficient (Wildman–Crippen LogP) is 1.60. The topological polar surface area (TPSA) is 66.6 Å². The van der Waals surface area contributed by atoms with Crippen LogP contribution in [0, 0.1) is 5.92 Å². The minimum atomic E-state index is -0.199. The van der Waals surface area contributed by atoms with Gasteiger partial charge < -0.3 is 10.6 Å². The van der Waals surface area contributed by atoms with Gasteiger partial charge in [0.05, 0.1) is 11.1 Å². The zero-order valence-electron chi connectivity index (χ0n) is 12.3. The maximum absolute atomic E-state index is 12.3. The van der Waals surface area contributed by atoms with Crippen LogP contribution in [0.4, 0.5) is 5.69 Å². The Hall–Kier alpha value is -1.88. The second kappa shape index (κ2) is 5.48. The van der Waals surface area contributed by atoms with Gasteiger partial charge in [-0.1, -0.05) is 0 Å². The molecule has 0 bridgehead atoms. The molecule has 0 unspecified atom stereocenters. The quantitative estimate of drug-likeness (QED) is 0.677. The predicted molar refractivity (Wildman–Crippen MR) is 81.1 cm³/mol. The van der Waals surface area contributed by atoms with Crippen molar-refractivity contribution in [3.63, 3.8) is 0 Å². The summed E-state index contributed by atoms with van der Waals surface area (Å²) in [6.07, 6.45) is 3.19. The summed E-state index contributed by atoms with van der Waals surface area (Å²) in [6.45, 7) is 2.72. The first kappa shape index (κ1) is 14.1. The van der Waals surface area contributed by atoms with Crippen LogP contribution in [0.3, 0.4) is 0 Å². The third-order valence-corrected chi connectivity index (χ3v) is 4.59. The zero-order valence-corrected chi connectivity index (χ0v) is 12.3. The molecule has 0 atom stereocenters. The normalized spacial score (nSPS) is 20.1. The number of carbonyl (C=O) groups excluding carboxylic acids is 2. The highest BCUT2D eigenvalue weighted by Crippen LogP contribution is 2.27. The smallest absolute Gasteiger partial charge is 0.261 e. The SMILES string of the molecule is CN1CCC(CCN2C(=O)c3ccc(N)cc3C2=O)CC1. The van der Waals surface area contributed by atoms with Gasteiger partial charge >= 0.3 is 0 Å². The van der Waals surface area contributed by atoms with Crippen LogP contribution in [0.5, 0.6) is 0 Å². The Kier molecular flexibility index (Phi) is 3.68. The molecule has 3 rings (SSSR count). The fourth-order valence-corrected chi connectivity index (χ4v) is 3.17. The number of amides is 2. The van der Waals surface area contributed by atoms with E-state index in [4.69, 9.17) is 5.73 Å². The number of imide groups is 1. The monoisotopic (exact) mass is 287 g/mol. The van der Waals surface area contributed by atoms with Gasteiger partial charge in [-0.05, 0) is 63.5 Å². The first-order valence-corrected chi connectivity index (χ1v) is 7.50. The number of benzene rings is 1. The molecule has 2 N–H and O–H groups in total. The molecule has 1 fully saturated rings. The molecule has 2 aliphatic rings. The third-order valence-electron chi connectivity index (χ3n) is 4.59. The summed E-state index contributed by atoms with van der Waals surface area (Å²) in [4.78, 5) is 28.3. The van der Waals surface area contributed by atoms with Crippen LogP contribution in [-0.2, 0) is 0 Å². The highest BCUT2D eigenvalue weighted by molar-refractivity contribution is 6.21. The van der Waals surface area contributed by atoms with Gasteiger partial charge in [0.2, 0.25) is 0 Å². The summed E-state index contributed by atoms with van der Waals surface area (Å²) < 4.78 is 0. The summed E-state index contributed by atoms with van der Waals surface area (Å²) in [6, 6.07) is 4.93. The molecule has 1 saturated heterocycles. The number of hydrogen-bond donors (Lipinski definition) is 1. The number of anilines is 1. The van der Waals surface area contributed by atoms with Crippen molar-refractivity contribution >= 4 is 17.5 Å². The highest BCUT2D eigenvalue weighted by atomic mass is 16.2. The van der Waals surface area contributed by atoms with Crippen molar-refractivity contribution in [2.24, 2.45) is 5.92 Å². The first-order valence-electron chi connectivity index (χ1n) is 7.50. The minimum Gasteiger partial charge on any atom is -0.399 e. The number of piperidine rings is 1. The number of carbonyl (C=O) groups is 2. The fraction of sp³-hybridized carbons (Fsp3) is 0.500. The van der Waals surface area contributed by atoms with Gasteiger partial charge in [-0.25, -0.2) is 0 Å². The molecule has 21 heavy (non-hydrogen) atoms. The second-order valence-electron chi connectivity index (χ2n) is 6.10. The Morgan fingerprint density at radius 1 is 1.14 bits per heavy atom. The third kappa shape index (κ3) is 2.65. The van der Waals surface area contributed by atoms with Crippen molar-refractivity contribution in [2.75, 3.05) is 32.4 Å². The lowest BCUT2D eigenvalue weighted by Gasteiger charge is -2.29. The van der Waals surface area contributed by atoms with E-state index >= 15 is 0 Å². The van der Waals surface area contributed by atoms with Crippen molar-refractivity contribution in [3.05, 3.63) is 29.3 Å². The molecule has 112 valence electrons. The molecule has 0 radical (unpaired) electrons. The number of nitrogen functional groups attached to an aromatic ring is 1. The molecule has 2 aliphatic heterocycles. The van der Waals surface area contributed by atoms with E-state index in [-0.39, 0.29) is 11.8 Å². The molecular weight excluding hydrogens is 266 g/mol. The van der Waals surface area contributed by atoms with Crippen LogP contribution in [0.2, 0.25) is 0 Å². The average Bonchev–Trinajstić information content (AvgIpc) is 2.70. The van der Waals surface area contributed by atoms with Gasteiger partial charge in [-0.2, -0.15) is 0 Å². The molecule has 0 spiro atoms. The number of fused-ring (bicyclic) bond motifs is 1. The van der Waals surface area contributed by atoms with E-state index < -0.39 is 0 Å². The summed E-state index contributed by atoms with van der Waals surface area (Å²) >= 11 is 0. The van der Waals surface area contributed by atoms with E-state index in [1.165, 1.54) is 4.90 Å². The van der Waals surface area contributed by atoms with Crippen LogP contribution < -0.4 is 5.73 Å². The lowest BCUT2D eigenvalue weighted by molar-refractivity contribution is 0.0638. The molecule has 1 aromatic carbocycles. The highest BCUT2D eigenvalue weighted by Gasteiger charge is 2.35. The van der Waals surface area contributed by atoms with E-state index in [2.05, 4.69) is 11.9 Å². The molecule has 2 heterocycles. The Bertz CT molecular complexity index is 577. The van der Waals surface area contributed by atoms with Gasteiger partial charge in [0.1, 0.15) is 0 Å².